The number of hydrogen-bond acceptors (Lipinski definition) is 10. The zero-order chi connectivity index (χ0) is 76.4. The molecule has 0 bridgehead atoms. The van der Waals surface area contributed by atoms with Gasteiger partial charge in [-0.25, -0.2) is 15.0 Å². The molecule has 14 heteroatoms. The summed E-state index contributed by atoms with van der Waals surface area (Å²) >= 11 is 3.34. The monoisotopic (exact) mass is 1500 g/mol. The molecule has 0 N–H and O–H groups in total. The first kappa shape index (κ1) is 73.3. The molecule has 0 radical (unpaired) electrons. The van der Waals surface area contributed by atoms with Crippen LogP contribution in [0.15, 0.2) is 308 Å². The van der Waals surface area contributed by atoms with Gasteiger partial charge in [-0.3, -0.25) is 24.1 Å². The molecule has 0 amide bonds. The molecule has 1 aliphatic rings. The van der Waals surface area contributed by atoms with E-state index in [-0.39, 0.29) is 18.3 Å². The molecular formula is C96H86BBrN10O2. The summed E-state index contributed by atoms with van der Waals surface area (Å²) < 4.78 is 17.5. The highest BCUT2D eigenvalue weighted by atomic mass is 79.9. The first-order chi connectivity index (χ1) is 53.2. The van der Waals surface area contributed by atoms with Crippen LogP contribution in [0.2, 0.25) is 0 Å². The fraction of sp³-hybridized carbons (Fsp3) is 0.146. The average molecular weight is 1500 g/mol. The van der Waals surface area contributed by atoms with E-state index in [2.05, 4.69) is 383 Å². The molecule has 0 aliphatic carbocycles. The molecular weight excluding hydrogens is 1420 g/mol. The Hall–Kier alpha value is -12.2. The van der Waals surface area contributed by atoms with Crippen molar-refractivity contribution in [3.05, 3.63) is 353 Å². The van der Waals surface area contributed by atoms with Crippen LogP contribution in [0.3, 0.4) is 0 Å². The third kappa shape index (κ3) is 15.4. The fourth-order valence-corrected chi connectivity index (χ4v) is 14.6. The Morgan fingerprint density at radius 3 is 0.973 bits per heavy atom. The van der Waals surface area contributed by atoms with Gasteiger partial charge in [-0.2, -0.15) is 0 Å². The molecule has 1 aliphatic heterocycles. The van der Waals surface area contributed by atoms with E-state index >= 15 is 0 Å². The lowest BCUT2D eigenvalue weighted by molar-refractivity contribution is 0.00578. The van der Waals surface area contributed by atoms with Crippen LogP contribution in [0.5, 0.6) is 0 Å². The average Bonchev–Trinajstić information content (AvgIpc) is 1.62. The molecule has 1 fully saturated rings. The van der Waals surface area contributed by atoms with Crippen molar-refractivity contribution in [2.45, 2.75) is 94.3 Å². The second-order valence-electron chi connectivity index (χ2n) is 29.4. The van der Waals surface area contributed by atoms with Gasteiger partial charge in [0, 0.05) is 73.3 Å². The smallest absolute Gasteiger partial charge is 0.399 e. The minimum absolute atomic E-state index is 0.350. The number of aromatic nitrogens is 8. The van der Waals surface area contributed by atoms with Gasteiger partial charge in [0.25, 0.3) is 0 Å². The van der Waals surface area contributed by atoms with Crippen LogP contribution in [0.1, 0.15) is 72.2 Å². The van der Waals surface area contributed by atoms with E-state index < -0.39 is 0 Å². The van der Waals surface area contributed by atoms with Gasteiger partial charge in [0.1, 0.15) is 16.3 Å². The summed E-state index contributed by atoms with van der Waals surface area (Å²) in [6.07, 6.45) is 7.22. The van der Waals surface area contributed by atoms with Crippen LogP contribution in [0.4, 0.5) is 34.1 Å². The molecule has 5 heterocycles. The Bertz CT molecular complexity index is 5830. The van der Waals surface area contributed by atoms with Crippen molar-refractivity contribution >= 4 is 84.7 Å². The van der Waals surface area contributed by atoms with E-state index in [4.69, 9.17) is 29.2 Å². The summed E-state index contributed by atoms with van der Waals surface area (Å²) in [5.74, 6) is 1.82. The highest BCUT2D eigenvalue weighted by Gasteiger charge is 2.51. The molecule has 0 saturated carbocycles. The maximum absolute atomic E-state index is 6.19. The van der Waals surface area contributed by atoms with Gasteiger partial charge in [0.05, 0.1) is 75.1 Å². The zero-order valence-electron chi connectivity index (χ0n) is 64.1. The predicted octanol–water partition coefficient (Wildman–Crippen LogP) is 24.1. The summed E-state index contributed by atoms with van der Waals surface area (Å²) in [4.78, 5) is 33.0. The first-order valence-corrected chi connectivity index (χ1v) is 38.0. The van der Waals surface area contributed by atoms with Crippen molar-refractivity contribution in [2.75, 3.05) is 9.80 Å². The number of fused-ring (bicyclic) bond motifs is 2. The number of nitrogens with zero attached hydrogens (tertiary/aromatic N) is 10. The molecule has 12 aromatic carbocycles. The summed E-state index contributed by atoms with van der Waals surface area (Å²) in [6.45, 7) is 25.5. The standard InChI is InChI=1S/C45H37N5.C26H24BrN3.C25H25BN2O2/c1-30-14-24-42(32(3)26-30)49(43-25-15-31(2)27-33(43)4)38-22-20-35(21-23-38)41-29-46-40(28-47-41)34-16-18-36(19-17-34)45-48-39-12-8-9-13-44(39)50(45)37-10-6-5-7-11-37;1-17-5-11-24(19(3)13-17)30(25-12-6-18(2)14-20(25)4)22-9-7-21(8-10-22)23-15-29-26(27)16-28-23;1-24(2)25(3,4)30-26(29-24)19-16-14-18(15-17-19)23-27-21-12-8-9-13-22(21)28(23)20-10-6-5-7-11-20/h5-29H,1-4H3;5-16H,1-4H3;5-17H,1-4H3. The summed E-state index contributed by atoms with van der Waals surface area (Å²) in [5, 5.41) is 0. The molecule has 17 rings (SSSR count). The van der Waals surface area contributed by atoms with Crippen LogP contribution in [0.25, 0.3) is 90.0 Å². The van der Waals surface area contributed by atoms with E-state index in [1.807, 2.05) is 36.7 Å². The van der Waals surface area contributed by atoms with Crippen molar-refractivity contribution in [3.63, 3.8) is 0 Å². The molecule has 542 valence electrons. The van der Waals surface area contributed by atoms with Crippen LogP contribution in [0, 0.1) is 55.4 Å². The number of aryl methyl sites for hydroxylation is 8. The molecule has 1 saturated heterocycles. The zero-order valence-corrected chi connectivity index (χ0v) is 65.7. The Morgan fingerprint density at radius 2 is 0.636 bits per heavy atom. The Labute approximate surface area is 653 Å². The van der Waals surface area contributed by atoms with E-state index in [1.165, 1.54) is 67.3 Å². The maximum atomic E-state index is 6.19. The normalized spacial score (nSPS) is 12.8. The van der Waals surface area contributed by atoms with Gasteiger partial charge in [-0.05, 0) is 224 Å². The topological polar surface area (TPSA) is 112 Å². The number of anilines is 6. The van der Waals surface area contributed by atoms with Crippen molar-refractivity contribution in [3.8, 4) is 67.9 Å². The largest absolute Gasteiger partial charge is 0.494 e. The Morgan fingerprint density at radius 1 is 0.327 bits per heavy atom. The second kappa shape index (κ2) is 31.2. The summed E-state index contributed by atoms with van der Waals surface area (Å²) in [7, 11) is -0.364. The van der Waals surface area contributed by atoms with Gasteiger partial charge in [0.15, 0.2) is 0 Å². The molecule has 110 heavy (non-hydrogen) atoms. The fourth-order valence-electron chi connectivity index (χ4n) is 14.4. The van der Waals surface area contributed by atoms with Gasteiger partial charge < -0.3 is 19.1 Å². The number of benzene rings is 12. The van der Waals surface area contributed by atoms with Crippen LogP contribution >= 0.6 is 15.9 Å². The predicted molar refractivity (Wildman–Crippen MR) is 458 cm³/mol. The Kier molecular flexibility index (Phi) is 20.8. The van der Waals surface area contributed by atoms with Crippen LogP contribution in [-0.4, -0.2) is 57.4 Å². The quantitative estimate of drug-likeness (QED) is 0.0976. The Balaban J connectivity index is 0.000000139. The van der Waals surface area contributed by atoms with E-state index in [0.717, 1.165) is 111 Å². The lowest BCUT2D eigenvalue weighted by atomic mass is 9.79. The molecule has 0 unspecified atom stereocenters. The minimum atomic E-state index is -0.364. The summed E-state index contributed by atoms with van der Waals surface area (Å²) in [5.41, 5.74) is 31.2. The van der Waals surface area contributed by atoms with E-state index in [1.54, 1.807) is 12.4 Å². The molecule has 12 nitrogen and oxygen atoms in total. The van der Waals surface area contributed by atoms with Gasteiger partial charge in [-0.15, -0.1) is 0 Å². The van der Waals surface area contributed by atoms with Gasteiger partial charge >= 0.3 is 7.12 Å². The number of rotatable bonds is 14. The van der Waals surface area contributed by atoms with Crippen molar-refractivity contribution in [1.82, 2.24) is 39.0 Å². The highest BCUT2D eigenvalue weighted by Crippen LogP contribution is 2.43. The van der Waals surface area contributed by atoms with Crippen molar-refractivity contribution in [2.24, 2.45) is 0 Å². The number of para-hydroxylation sites is 6. The third-order valence-corrected chi connectivity index (χ3v) is 21.2. The summed E-state index contributed by atoms with van der Waals surface area (Å²) in [6, 6.07) is 97.6. The van der Waals surface area contributed by atoms with Crippen LogP contribution < -0.4 is 15.3 Å². The number of imidazole rings is 2. The van der Waals surface area contributed by atoms with Crippen molar-refractivity contribution in [1.29, 1.82) is 0 Å². The number of halogens is 1. The molecule has 16 aromatic rings. The SMILES string of the molecule is CC1(C)OB(c2ccc(-c3nc4ccccc4n3-c3ccccc3)cc2)OC1(C)C.Cc1ccc(N(c2ccc(-c3cnc(-c4ccc(-c5nc6ccccc6n5-c5ccccc5)cc4)cn3)cc2)c2ccc(C)cc2C)c(C)c1.Cc1ccc(N(c2ccc(-c3cnc(Br)cn3)cc2)c2ccc(C)cc2C)c(C)c1. The minimum Gasteiger partial charge on any atom is -0.399 e. The number of hydrogen-bond donors (Lipinski definition) is 0. The van der Waals surface area contributed by atoms with E-state index in [9.17, 15) is 0 Å². The van der Waals surface area contributed by atoms with Gasteiger partial charge in [0.2, 0.25) is 0 Å². The highest BCUT2D eigenvalue weighted by molar-refractivity contribution is 9.10. The third-order valence-electron chi connectivity index (χ3n) is 20.8. The lowest BCUT2D eigenvalue weighted by Crippen LogP contribution is -2.41. The van der Waals surface area contributed by atoms with Crippen LogP contribution in [-0.2, 0) is 9.31 Å². The molecule has 0 spiro atoms. The first-order valence-electron chi connectivity index (χ1n) is 37.2. The molecule has 4 aromatic heterocycles. The lowest BCUT2D eigenvalue weighted by Gasteiger charge is -2.32. The van der Waals surface area contributed by atoms with Crippen molar-refractivity contribution < 1.29 is 9.31 Å². The van der Waals surface area contributed by atoms with Gasteiger partial charge in [-0.1, -0.05) is 204 Å². The molecule has 0 atom stereocenters. The van der Waals surface area contributed by atoms with E-state index in [0.29, 0.717) is 0 Å². The second-order valence-corrected chi connectivity index (χ2v) is 30.2. The maximum Gasteiger partial charge on any atom is 0.494 e.